The minimum absolute atomic E-state index is 0.0370. The van der Waals surface area contributed by atoms with E-state index in [9.17, 15) is 14.7 Å². The molecule has 2 N–H and O–H groups in total. The average Bonchev–Trinajstić information content (AvgIpc) is 3.42. The van der Waals surface area contributed by atoms with Gasteiger partial charge in [0.1, 0.15) is 5.75 Å². The number of carbonyl (C=O) groups excluding carboxylic acids is 1. The number of ether oxygens (including phenoxy) is 2. The Morgan fingerprint density at radius 1 is 1.10 bits per heavy atom. The van der Waals surface area contributed by atoms with Gasteiger partial charge < -0.3 is 19.9 Å². The third-order valence-corrected chi connectivity index (χ3v) is 13.3. The number of fused-ring (bicyclic) bond motifs is 3. The van der Waals surface area contributed by atoms with E-state index in [0.717, 1.165) is 11.1 Å². The first-order valence-corrected chi connectivity index (χ1v) is 16.7. The number of aromatic nitrogens is 2. The van der Waals surface area contributed by atoms with Gasteiger partial charge in [-0.3, -0.25) is 9.59 Å². The molecule has 2 aliphatic rings. The molecule has 0 unspecified atom stereocenters. The van der Waals surface area contributed by atoms with Crippen molar-refractivity contribution >= 4 is 35.6 Å². The third-order valence-electron chi connectivity index (χ3n) is 8.93. The van der Waals surface area contributed by atoms with Crippen molar-refractivity contribution in [3.8, 4) is 11.4 Å². The van der Waals surface area contributed by atoms with Crippen LogP contribution in [-0.2, 0) is 15.1 Å². The van der Waals surface area contributed by atoms with Crippen LogP contribution in [0.5, 0.6) is 5.75 Å². The van der Waals surface area contributed by atoms with E-state index in [1.807, 2.05) is 42.5 Å². The summed E-state index contributed by atoms with van der Waals surface area (Å²) in [6, 6.07) is 21.0. The van der Waals surface area contributed by atoms with E-state index in [0.29, 0.717) is 28.7 Å². The number of amides is 1. The number of nitrogens with zero attached hydrogens (tertiary/aromatic N) is 2. The van der Waals surface area contributed by atoms with Crippen LogP contribution < -0.4 is 20.8 Å². The van der Waals surface area contributed by atoms with E-state index in [2.05, 4.69) is 42.6 Å². The summed E-state index contributed by atoms with van der Waals surface area (Å²) in [7, 11) is -0.596. The van der Waals surface area contributed by atoms with Gasteiger partial charge in [0.05, 0.1) is 38.6 Å². The number of rotatable bonds is 6. The van der Waals surface area contributed by atoms with Crippen LogP contribution in [0.4, 0.5) is 5.69 Å². The highest BCUT2D eigenvalue weighted by Crippen LogP contribution is 2.58. The topological polar surface area (TPSA) is 103 Å². The molecule has 206 valence electrons. The van der Waals surface area contributed by atoms with Crippen molar-refractivity contribution in [2.75, 3.05) is 19.0 Å². The molecular formula is C31H33N3O5Si. The molecule has 1 saturated heterocycles. The van der Waals surface area contributed by atoms with Gasteiger partial charge in [-0.1, -0.05) is 55.5 Å². The van der Waals surface area contributed by atoms with Gasteiger partial charge in [-0.25, -0.2) is 0 Å². The zero-order chi connectivity index (χ0) is 28.2. The Labute approximate surface area is 233 Å². The second-order valence-electron chi connectivity index (χ2n) is 11.3. The zero-order valence-electron chi connectivity index (χ0n) is 23.0. The minimum atomic E-state index is -2.25. The van der Waals surface area contributed by atoms with Crippen molar-refractivity contribution in [1.29, 1.82) is 0 Å². The number of aliphatic hydroxyl groups excluding tert-OH is 1. The number of anilines is 1. The van der Waals surface area contributed by atoms with Gasteiger partial charge in [0.15, 0.2) is 5.60 Å². The van der Waals surface area contributed by atoms with Gasteiger partial charge in [-0.2, -0.15) is 9.78 Å². The van der Waals surface area contributed by atoms with E-state index >= 15 is 0 Å². The van der Waals surface area contributed by atoms with Gasteiger partial charge in [0.25, 0.3) is 11.5 Å². The molecule has 8 nitrogen and oxygen atoms in total. The summed E-state index contributed by atoms with van der Waals surface area (Å²) in [5, 5.41) is 20.0. The van der Waals surface area contributed by atoms with Gasteiger partial charge in [0.2, 0.25) is 0 Å². The summed E-state index contributed by atoms with van der Waals surface area (Å²) in [6.07, 6.45) is 1.79. The molecule has 40 heavy (non-hydrogen) atoms. The molecule has 1 spiro atoms. The summed E-state index contributed by atoms with van der Waals surface area (Å²) in [5.74, 6) is 0.392. The van der Waals surface area contributed by atoms with Crippen molar-refractivity contribution in [3.63, 3.8) is 0 Å². The number of hydrogen-bond donors (Lipinski definition) is 2. The Morgan fingerprint density at radius 2 is 1.85 bits per heavy atom. The summed E-state index contributed by atoms with van der Waals surface area (Å²) in [4.78, 5) is 27.2. The fourth-order valence-corrected chi connectivity index (χ4v) is 11.0. The zero-order valence-corrected chi connectivity index (χ0v) is 24.0. The van der Waals surface area contributed by atoms with E-state index in [1.54, 1.807) is 25.4 Å². The second-order valence-corrected chi connectivity index (χ2v) is 16.0. The lowest BCUT2D eigenvalue weighted by Crippen LogP contribution is -2.51. The summed E-state index contributed by atoms with van der Waals surface area (Å²) >= 11 is 0. The van der Waals surface area contributed by atoms with E-state index in [4.69, 9.17) is 9.47 Å². The van der Waals surface area contributed by atoms with Crippen LogP contribution in [0.1, 0.15) is 18.9 Å². The number of hydrogen-bond acceptors (Lipinski definition) is 6. The lowest BCUT2D eigenvalue weighted by atomic mass is 9.82. The molecule has 1 aromatic heterocycles. The van der Waals surface area contributed by atoms with Gasteiger partial charge in [-0.15, -0.1) is 0 Å². The lowest BCUT2D eigenvalue weighted by Gasteiger charge is -2.37. The molecule has 2 aliphatic heterocycles. The molecule has 4 aromatic rings. The van der Waals surface area contributed by atoms with Crippen molar-refractivity contribution in [1.82, 2.24) is 9.78 Å². The van der Waals surface area contributed by atoms with Crippen molar-refractivity contribution in [2.45, 2.75) is 43.7 Å². The summed E-state index contributed by atoms with van der Waals surface area (Å²) in [6.45, 7) is 6.64. The lowest BCUT2D eigenvalue weighted by molar-refractivity contribution is -0.143. The van der Waals surface area contributed by atoms with Crippen LogP contribution >= 0.6 is 0 Å². The molecular weight excluding hydrogens is 522 g/mol. The van der Waals surface area contributed by atoms with E-state index in [-0.39, 0.29) is 35.6 Å². The minimum Gasteiger partial charge on any atom is -0.497 e. The molecule has 0 bridgehead atoms. The molecule has 3 aromatic carbocycles. The highest BCUT2D eigenvalue weighted by atomic mass is 28.3. The highest BCUT2D eigenvalue weighted by molar-refractivity contribution is 6.91. The predicted octanol–water partition coefficient (Wildman–Crippen LogP) is 3.94. The van der Waals surface area contributed by atoms with Crippen molar-refractivity contribution < 1.29 is 19.4 Å². The SMILES string of the molecule is COc1ccc([Si](C)(C)[C@H]2[C@H](CCO)O[C@@]3(C(=O)Nc4ccc(-n5ncc6ccccc6c5=O)cc43)[C@@H]2C)cc1. The monoisotopic (exact) mass is 555 g/mol. The standard InChI is InChI=1S/C31H33N3O5Si/c1-19-28(40(3,4)23-12-10-22(38-2)11-13-23)27(15-16-35)39-31(19)25-17-21(9-14-26(25)33-30(31)37)34-29(36)24-8-6-5-7-20(24)18-32-34/h5-14,17-19,27-28,35H,15-16H2,1-4H3,(H,33,37)/t19-,27+,28-,31+/m1/s1. The highest BCUT2D eigenvalue weighted by Gasteiger charge is 2.64. The van der Waals surface area contributed by atoms with Crippen LogP contribution in [0.3, 0.4) is 0 Å². The van der Waals surface area contributed by atoms with E-state index < -0.39 is 13.7 Å². The Bertz CT molecular complexity index is 1670. The molecule has 4 atom stereocenters. The maximum atomic E-state index is 13.8. The molecule has 0 aliphatic carbocycles. The molecule has 1 amide bonds. The average molecular weight is 556 g/mol. The number of aliphatic hydroxyl groups is 1. The molecule has 6 rings (SSSR count). The maximum Gasteiger partial charge on any atom is 0.279 e. The predicted molar refractivity (Wildman–Crippen MR) is 157 cm³/mol. The first-order chi connectivity index (χ1) is 19.2. The second kappa shape index (κ2) is 9.69. The Hall–Kier alpha value is -3.79. The normalized spacial score (nSPS) is 23.9. The van der Waals surface area contributed by atoms with Crippen LogP contribution in [0.15, 0.2) is 77.7 Å². The van der Waals surface area contributed by atoms with Crippen molar-refractivity contribution in [2.24, 2.45) is 5.92 Å². The Morgan fingerprint density at radius 3 is 2.58 bits per heavy atom. The molecule has 3 heterocycles. The number of carbonyl (C=O) groups is 1. The first-order valence-electron chi connectivity index (χ1n) is 13.6. The molecule has 9 heteroatoms. The molecule has 0 radical (unpaired) electrons. The maximum absolute atomic E-state index is 13.8. The van der Waals surface area contributed by atoms with Crippen LogP contribution in [0.25, 0.3) is 16.5 Å². The fourth-order valence-electron chi connectivity index (χ4n) is 6.92. The third kappa shape index (κ3) is 3.83. The Kier molecular flexibility index (Phi) is 6.40. The number of methoxy groups -OCH3 is 1. The van der Waals surface area contributed by atoms with Gasteiger partial charge in [0, 0.05) is 29.2 Å². The smallest absolute Gasteiger partial charge is 0.279 e. The summed E-state index contributed by atoms with van der Waals surface area (Å²) in [5.41, 5.74) is 0.502. The largest absolute Gasteiger partial charge is 0.497 e. The van der Waals surface area contributed by atoms with Crippen LogP contribution in [0.2, 0.25) is 18.6 Å². The Balaban J connectivity index is 1.46. The molecule has 1 fully saturated rings. The van der Waals surface area contributed by atoms with Gasteiger partial charge >= 0.3 is 0 Å². The van der Waals surface area contributed by atoms with Crippen LogP contribution in [-0.4, -0.2) is 48.7 Å². The van der Waals surface area contributed by atoms with E-state index in [1.165, 1.54) is 9.87 Å². The van der Waals surface area contributed by atoms with Gasteiger partial charge in [-0.05, 0) is 48.4 Å². The number of benzene rings is 3. The summed E-state index contributed by atoms with van der Waals surface area (Å²) < 4.78 is 13.5. The fraction of sp³-hybridized carbons (Fsp3) is 0.323. The van der Waals surface area contributed by atoms with Crippen LogP contribution in [0, 0.1) is 5.92 Å². The quantitative estimate of drug-likeness (QED) is 0.350. The number of nitrogens with one attached hydrogen (secondary N) is 1. The first kappa shape index (κ1) is 26.4. The molecule has 0 saturated carbocycles. The van der Waals surface area contributed by atoms with Crippen molar-refractivity contribution in [3.05, 3.63) is 88.8 Å².